The van der Waals surface area contributed by atoms with Crippen LogP contribution < -0.4 is 15.2 Å². The quantitative estimate of drug-likeness (QED) is 0.721. The van der Waals surface area contributed by atoms with E-state index in [0.717, 1.165) is 23.1 Å². The molecule has 2 aromatic carbocycles. The Bertz CT molecular complexity index is 1100. The van der Waals surface area contributed by atoms with E-state index in [9.17, 15) is 9.59 Å². The van der Waals surface area contributed by atoms with Gasteiger partial charge in [0.25, 0.3) is 11.5 Å². The van der Waals surface area contributed by atoms with Gasteiger partial charge in [0.1, 0.15) is 11.9 Å². The maximum Gasteiger partial charge on any atom is 0.256 e. The summed E-state index contributed by atoms with van der Waals surface area (Å²) in [6, 6.07) is 15.1. The molecule has 1 N–H and O–H groups in total. The number of nitrogens with zero attached hydrogens (tertiary/aromatic N) is 1. The Morgan fingerprint density at radius 3 is 2.83 bits per heavy atom. The lowest BCUT2D eigenvalue weighted by atomic mass is 10.1. The van der Waals surface area contributed by atoms with E-state index in [-0.39, 0.29) is 18.0 Å². The summed E-state index contributed by atoms with van der Waals surface area (Å²) in [5.74, 6) is 0.568. The number of benzene rings is 2. The summed E-state index contributed by atoms with van der Waals surface area (Å²) in [4.78, 5) is 30.5. The zero-order chi connectivity index (χ0) is 20.4. The molecule has 1 aliphatic rings. The second-order valence-corrected chi connectivity index (χ2v) is 7.34. The third kappa shape index (κ3) is 4.03. The fourth-order valence-electron chi connectivity index (χ4n) is 3.68. The molecule has 3 aromatic rings. The number of fused-ring (bicyclic) bond motifs is 1. The van der Waals surface area contributed by atoms with Gasteiger partial charge in [0.15, 0.2) is 0 Å². The minimum Gasteiger partial charge on any atom is -0.497 e. The van der Waals surface area contributed by atoms with Crippen molar-refractivity contribution in [3.63, 3.8) is 0 Å². The number of anilines is 1. The number of aryl methyl sites for hydroxylation is 1. The number of H-pyrrole nitrogens is 1. The highest BCUT2D eigenvalue weighted by atomic mass is 16.5. The number of aromatic nitrogens is 1. The van der Waals surface area contributed by atoms with Crippen LogP contribution in [0.5, 0.6) is 5.75 Å². The number of carbonyl (C=O) groups is 1. The second-order valence-electron chi connectivity index (χ2n) is 7.34. The van der Waals surface area contributed by atoms with Gasteiger partial charge in [0.05, 0.1) is 19.2 Å². The van der Waals surface area contributed by atoms with Gasteiger partial charge in [0.2, 0.25) is 0 Å². The van der Waals surface area contributed by atoms with E-state index in [2.05, 4.69) is 4.98 Å². The molecule has 6 nitrogen and oxygen atoms in total. The van der Waals surface area contributed by atoms with Gasteiger partial charge in [0, 0.05) is 23.9 Å². The number of nitrogens with one attached hydrogen (secondary N) is 1. The van der Waals surface area contributed by atoms with Gasteiger partial charge in [-0.15, -0.1) is 0 Å². The van der Waals surface area contributed by atoms with Gasteiger partial charge < -0.3 is 19.4 Å². The first kappa shape index (κ1) is 19.2. The van der Waals surface area contributed by atoms with Crippen LogP contribution in [0.15, 0.2) is 53.3 Å². The molecule has 1 atom stereocenters. The van der Waals surface area contributed by atoms with Crippen molar-refractivity contribution in [3.05, 3.63) is 70.0 Å². The summed E-state index contributed by atoms with van der Waals surface area (Å²) < 4.78 is 10.8. The average molecular weight is 392 g/mol. The molecular formula is C23H24N2O4. The van der Waals surface area contributed by atoms with Gasteiger partial charge in [-0.2, -0.15) is 0 Å². The molecule has 29 heavy (non-hydrogen) atoms. The molecule has 1 fully saturated rings. The molecule has 0 aliphatic carbocycles. The van der Waals surface area contributed by atoms with Crippen molar-refractivity contribution in [1.29, 1.82) is 0 Å². The lowest BCUT2D eigenvalue weighted by Crippen LogP contribution is -2.39. The highest BCUT2D eigenvalue weighted by molar-refractivity contribution is 5.96. The highest BCUT2D eigenvalue weighted by Gasteiger charge is 2.29. The van der Waals surface area contributed by atoms with Crippen LogP contribution in [0, 0.1) is 6.92 Å². The minimum atomic E-state index is -0.459. The van der Waals surface area contributed by atoms with Crippen LogP contribution in [0.4, 0.5) is 5.69 Å². The van der Waals surface area contributed by atoms with E-state index in [0.29, 0.717) is 29.9 Å². The predicted molar refractivity (Wildman–Crippen MR) is 112 cm³/mol. The number of rotatable bonds is 5. The van der Waals surface area contributed by atoms with E-state index >= 15 is 0 Å². The van der Waals surface area contributed by atoms with Crippen LogP contribution in [0.1, 0.15) is 24.0 Å². The molecule has 1 saturated heterocycles. The van der Waals surface area contributed by atoms with Crippen LogP contribution >= 0.6 is 0 Å². The van der Waals surface area contributed by atoms with E-state index in [1.165, 1.54) is 0 Å². The molecule has 1 amide bonds. The zero-order valence-corrected chi connectivity index (χ0v) is 16.6. The lowest BCUT2D eigenvalue weighted by molar-refractivity contribution is -0.127. The monoisotopic (exact) mass is 392 g/mol. The Balaban J connectivity index is 1.72. The maximum atomic E-state index is 13.2. The third-order valence-electron chi connectivity index (χ3n) is 5.24. The van der Waals surface area contributed by atoms with E-state index in [1.807, 2.05) is 49.4 Å². The van der Waals surface area contributed by atoms with Crippen molar-refractivity contribution in [1.82, 2.24) is 4.98 Å². The molecule has 0 saturated carbocycles. The Labute approximate surface area is 169 Å². The average Bonchev–Trinajstić information content (AvgIpc) is 3.26. The summed E-state index contributed by atoms with van der Waals surface area (Å²) in [6.07, 6.45) is 1.12. The molecule has 4 rings (SSSR count). The first-order valence-electron chi connectivity index (χ1n) is 9.75. The number of aromatic amines is 1. The van der Waals surface area contributed by atoms with Crippen LogP contribution in [0.3, 0.4) is 0 Å². The molecule has 0 unspecified atom stereocenters. The fraction of sp³-hybridized carbons (Fsp3) is 0.304. The van der Waals surface area contributed by atoms with Crippen LogP contribution in [-0.4, -0.2) is 30.7 Å². The largest absolute Gasteiger partial charge is 0.497 e. The Hall–Kier alpha value is -3.12. The SMILES string of the molecule is COc1ccc2cc(CN(C(=O)[C@H]3CCCO3)c3cccc(C)c3)c(=O)[nH]c2c1. The van der Waals surface area contributed by atoms with Crippen molar-refractivity contribution in [2.75, 3.05) is 18.6 Å². The third-order valence-corrected chi connectivity index (χ3v) is 5.24. The summed E-state index contributed by atoms with van der Waals surface area (Å²) in [7, 11) is 1.59. The first-order valence-corrected chi connectivity index (χ1v) is 9.75. The lowest BCUT2D eigenvalue weighted by Gasteiger charge is -2.25. The maximum absolute atomic E-state index is 13.2. The molecule has 0 bridgehead atoms. The Morgan fingerprint density at radius 1 is 1.24 bits per heavy atom. The van der Waals surface area contributed by atoms with Crippen LogP contribution in [0.25, 0.3) is 10.9 Å². The summed E-state index contributed by atoms with van der Waals surface area (Å²) in [6.45, 7) is 2.75. The summed E-state index contributed by atoms with van der Waals surface area (Å²) >= 11 is 0. The van der Waals surface area contributed by atoms with E-state index < -0.39 is 6.10 Å². The van der Waals surface area contributed by atoms with Crippen molar-refractivity contribution in [2.24, 2.45) is 0 Å². The number of hydrogen-bond donors (Lipinski definition) is 1. The topological polar surface area (TPSA) is 71.6 Å². The zero-order valence-electron chi connectivity index (χ0n) is 16.6. The van der Waals surface area contributed by atoms with E-state index in [4.69, 9.17) is 9.47 Å². The fourth-order valence-corrected chi connectivity index (χ4v) is 3.68. The molecule has 0 spiro atoms. The minimum absolute atomic E-state index is 0.109. The Kier molecular flexibility index (Phi) is 5.36. The summed E-state index contributed by atoms with van der Waals surface area (Å²) in [5.41, 5.74) is 2.82. The summed E-state index contributed by atoms with van der Waals surface area (Å²) in [5, 5.41) is 0.883. The van der Waals surface area contributed by atoms with Crippen LogP contribution in [0.2, 0.25) is 0 Å². The van der Waals surface area contributed by atoms with Gasteiger partial charge in [-0.1, -0.05) is 12.1 Å². The molecule has 6 heteroatoms. The van der Waals surface area contributed by atoms with Gasteiger partial charge >= 0.3 is 0 Å². The van der Waals surface area contributed by atoms with Gasteiger partial charge in [-0.05, 0) is 61.0 Å². The number of ether oxygens (including phenoxy) is 2. The standard InChI is InChI=1S/C23H24N2O4/c1-15-5-3-6-18(11-15)25(23(27)21-7-4-10-29-21)14-17-12-16-8-9-19(28-2)13-20(16)24-22(17)26/h3,5-6,8-9,11-13,21H,4,7,10,14H2,1-2H3,(H,24,26)/t21-/m1/s1. The number of pyridine rings is 1. The second kappa shape index (κ2) is 8.09. The number of hydrogen-bond acceptors (Lipinski definition) is 4. The van der Waals surface area contributed by atoms with Gasteiger partial charge in [-0.3, -0.25) is 9.59 Å². The predicted octanol–water partition coefficient (Wildman–Crippen LogP) is 3.56. The molecular weight excluding hydrogens is 368 g/mol. The Morgan fingerprint density at radius 2 is 2.10 bits per heavy atom. The van der Waals surface area contributed by atoms with Crippen molar-refractivity contribution in [2.45, 2.75) is 32.4 Å². The first-order chi connectivity index (χ1) is 14.0. The van der Waals surface area contributed by atoms with E-state index in [1.54, 1.807) is 18.1 Å². The number of carbonyl (C=O) groups excluding carboxylic acids is 1. The molecule has 1 aliphatic heterocycles. The molecule has 0 radical (unpaired) electrons. The molecule has 150 valence electrons. The normalized spacial score (nSPS) is 16.1. The number of methoxy groups -OCH3 is 1. The van der Waals surface area contributed by atoms with Crippen molar-refractivity contribution in [3.8, 4) is 5.75 Å². The van der Waals surface area contributed by atoms with Crippen molar-refractivity contribution < 1.29 is 14.3 Å². The number of amides is 1. The molecule has 2 heterocycles. The molecule has 1 aromatic heterocycles. The smallest absolute Gasteiger partial charge is 0.256 e. The van der Waals surface area contributed by atoms with Gasteiger partial charge in [-0.25, -0.2) is 0 Å². The van der Waals surface area contributed by atoms with Crippen LogP contribution in [-0.2, 0) is 16.1 Å². The van der Waals surface area contributed by atoms with Crippen molar-refractivity contribution >= 4 is 22.5 Å². The highest BCUT2D eigenvalue weighted by Crippen LogP contribution is 2.24.